The lowest BCUT2D eigenvalue weighted by molar-refractivity contribution is -0.268. The average molecular weight is 668 g/mol. The maximum Gasteiger partial charge on any atom is 0.220 e. The summed E-state index contributed by atoms with van der Waals surface area (Å²) in [6.45, 7) is 4.78. The summed E-state index contributed by atoms with van der Waals surface area (Å²) in [7, 11) is 0. The van der Waals surface area contributed by atoms with Gasteiger partial charge in [-0.25, -0.2) is 4.98 Å². The van der Waals surface area contributed by atoms with Gasteiger partial charge in [0.1, 0.15) is 0 Å². The molecule has 0 aliphatic carbocycles. The average Bonchev–Trinajstić information content (AvgIpc) is 3.12. The van der Waals surface area contributed by atoms with Crippen molar-refractivity contribution < 1.29 is 24.2 Å². The Morgan fingerprint density at radius 1 is 0.833 bits per heavy atom. The number of thioether (sulfide) groups is 1. The predicted molar refractivity (Wildman–Crippen MR) is 189 cm³/mol. The quantitative estimate of drug-likeness (QED) is 0.0914. The van der Waals surface area contributed by atoms with E-state index in [0.29, 0.717) is 19.5 Å². The molecular weight excluding hydrogens is 623 g/mol. The Morgan fingerprint density at radius 3 is 2.38 bits per heavy atom. The van der Waals surface area contributed by atoms with Gasteiger partial charge in [-0.3, -0.25) is 9.59 Å². The van der Waals surface area contributed by atoms with Crippen molar-refractivity contribution in [3.63, 3.8) is 0 Å². The molecule has 9 heteroatoms. The fourth-order valence-corrected chi connectivity index (χ4v) is 6.80. The molecule has 1 saturated heterocycles. The molecule has 4 aromatic rings. The fourth-order valence-electron chi connectivity index (χ4n) is 5.78. The highest BCUT2D eigenvalue weighted by molar-refractivity contribution is 7.99. The number of aromatic nitrogens is 1. The third kappa shape index (κ3) is 10.2. The summed E-state index contributed by atoms with van der Waals surface area (Å²) in [6, 6.07) is 30.4. The van der Waals surface area contributed by atoms with Gasteiger partial charge in [-0.15, -0.1) is 11.8 Å². The molecule has 1 aliphatic heterocycles. The molecule has 0 saturated carbocycles. The summed E-state index contributed by atoms with van der Waals surface area (Å²) in [5, 5.41) is 16.4. The lowest BCUT2D eigenvalue weighted by Gasteiger charge is -2.41. The number of unbranched alkanes of at least 4 members (excludes halogenated alkanes) is 2. The smallest absolute Gasteiger partial charge is 0.220 e. The van der Waals surface area contributed by atoms with Gasteiger partial charge in [-0.1, -0.05) is 80.1 Å². The van der Waals surface area contributed by atoms with E-state index in [4.69, 9.17) is 9.47 Å². The number of hydrogen-bond donors (Lipinski definition) is 3. The largest absolute Gasteiger partial charge is 0.392 e. The zero-order chi connectivity index (χ0) is 33.7. The minimum Gasteiger partial charge on any atom is -0.392 e. The molecule has 0 radical (unpaired) electrons. The first-order valence-corrected chi connectivity index (χ1v) is 17.6. The van der Waals surface area contributed by atoms with E-state index in [1.807, 2.05) is 66.7 Å². The zero-order valence-corrected chi connectivity index (χ0v) is 28.5. The topological polar surface area (TPSA) is 110 Å². The van der Waals surface area contributed by atoms with Crippen molar-refractivity contribution in [2.45, 2.75) is 76.2 Å². The number of hydrogen-bond acceptors (Lipinski definition) is 7. The van der Waals surface area contributed by atoms with E-state index in [2.05, 4.69) is 46.8 Å². The third-order valence-electron chi connectivity index (χ3n) is 8.52. The van der Waals surface area contributed by atoms with Crippen molar-refractivity contribution in [3.8, 4) is 11.1 Å². The Bertz CT molecular complexity index is 1620. The van der Waals surface area contributed by atoms with Gasteiger partial charge >= 0.3 is 0 Å². The number of aliphatic hydroxyl groups excluding tert-OH is 1. The first-order valence-electron chi connectivity index (χ1n) is 16.6. The van der Waals surface area contributed by atoms with Gasteiger partial charge in [-0.2, -0.15) is 0 Å². The molecule has 1 aliphatic rings. The second-order valence-electron chi connectivity index (χ2n) is 12.2. The van der Waals surface area contributed by atoms with Crippen LogP contribution >= 0.6 is 11.8 Å². The Balaban J connectivity index is 1.26. The van der Waals surface area contributed by atoms with Crippen LogP contribution in [0, 0.1) is 5.92 Å². The summed E-state index contributed by atoms with van der Waals surface area (Å²) in [5.74, 6) is 0.811. The van der Waals surface area contributed by atoms with Gasteiger partial charge in [0.25, 0.3) is 0 Å². The van der Waals surface area contributed by atoms with E-state index in [9.17, 15) is 14.7 Å². The molecular formula is C39H45N3O5S. The lowest BCUT2D eigenvalue weighted by atomic mass is 9.91. The van der Waals surface area contributed by atoms with Crippen molar-refractivity contribution >= 4 is 23.6 Å². The number of ether oxygens (including phenoxy) is 2. The summed E-state index contributed by atoms with van der Waals surface area (Å²) in [5.41, 5.74) is 5.95. The van der Waals surface area contributed by atoms with Gasteiger partial charge < -0.3 is 25.2 Å². The first kappa shape index (κ1) is 35.3. The highest BCUT2D eigenvalue weighted by Crippen LogP contribution is 2.43. The summed E-state index contributed by atoms with van der Waals surface area (Å²) in [4.78, 5) is 27.9. The van der Waals surface area contributed by atoms with Crippen molar-refractivity contribution in [1.29, 1.82) is 0 Å². The molecule has 2 heterocycles. The molecule has 252 valence electrons. The molecule has 1 fully saturated rings. The number of rotatable bonds is 15. The van der Waals surface area contributed by atoms with Gasteiger partial charge in [0.05, 0.1) is 23.8 Å². The second-order valence-corrected chi connectivity index (χ2v) is 13.2. The van der Waals surface area contributed by atoms with Crippen molar-refractivity contribution in [3.05, 3.63) is 119 Å². The molecule has 2 amide bonds. The first-order chi connectivity index (χ1) is 23.4. The lowest BCUT2D eigenvalue weighted by Crippen LogP contribution is -2.38. The van der Waals surface area contributed by atoms with Crippen LogP contribution in [-0.2, 0) is 32.2 Å². The van der Waals surface area contributed by atoms with E-state index < -0.39 is 6.29 Å². The Labute approximate surface area is 287 Å². The number of pyridine rings is 1. The van der Waals surface area contributed by atoms with E-state index in [1.54, 1.807) is 18.0 Å². The Kier molecular flexibility index (Phi) is 13.2. The molecule has 3 aromatic carbocycles. The highest BCUT2D eigenvalue weighted by atomic mass is 32.2. The van der Waals surface area contributed by atoms with Gasteiger partial charge in [0.15, 0.2) is 6.29 Å². The van der Waals surface area contributed by atoms with Crippen LogP contribution in [0.4, 0.5) is 0 Å². The van der Waals surface area contributed by atoms with Gasteiger partial charge in [0.2, 0.25) is 11.8 Å². The molecule has 1 aromatic heterocycles. The molecule has 4 atom stereocenters. The van der Waals surface area contributed by atoms with Crippen LogP contribution in [0.3, 0.4) is 0 Å². The summed E-state index contributed by atoms with van der Waals surface area (Å²) in [6.07, 6.45) is 3.97. The number of nitrogens with one attached hydrogen (secondary N) is 2. The van der Waals surface area contributed by atoms with Crippen LogP contribution in [0.2, 0.25) is 0 Å². The van der Waals surface area contributed by atoms with Crippen LogP contribution in [0.25, 0.3) is 11.1 Å². The van der Waals surface area contributed by atoms with E-state index in [1.165, 1.54) is 6.92 Å². The normalized spacial score (nSPS) is 19.1. The minimum atomic E-state index is -0.571. The monoisotopic (exact) mass is 667 g/mol. The Morgan fingerprint density at radius 2 is 1.62 bits per heavy atom. The molecule has 48 heavy (non-hydrogen) atoms. The number of aliphatic hydroxyl groups is 1. The number of amides is 2. The van der Waals surface area contributed by atoms with Crippen molar-refractivity contribution in [2.24, 2.45) is 5.92 Å². The standard InChI is InChI=1S/C39H45N3O5S/c1-27-35(26-48-37-15-5-7-21-41-37)46-39(47-38(27)31-18-16-29(25-43)17-19-31)34-13-9-12-33(23-34)32-11-8-10-30(22-32)24-42-36(45)14-4-3-6-20-40-28(2)44/h5,7-13,15-19,21-23,27,35,38-39,43H,3-4,6,14,20,24-26H2,1-2H3,(H,40,44)(H,42,45). The maximum absolute atomic E-state index is 12.4. The number of carbonyl (C=O) groups is 2. The van der Waals surface area contributed by atoms with Crippen LogP contribution in [0.1, 0.15) is 74.2 Å². The number of carbonyl (C=O) groups excluding carboxylic acids is 2. The maximum atomic E-state index is 12.4. The zero-order valence-electron chi connectivity index (χ0n) is 27.6. The van der Waals surface area contributed by atoms with E-state index in [-0.39, 0.29) is 36.5 Å². The van der Waals surface area contributed by atoms with Crippen molar-refractivity contribution in [2.75, 3.05) is 12.3 Å². The summed E-state index contributed by atoms with van der Waals surface area (Å²) >= 11 is 1.68. The van der Waals surface area contributed by atoms with Crippen LogP contribution < -0.4 is 10.6 Å². The number of nitrogens with zero attached hydrogens (tertiary/aromatic N) is 1. The number of benzene rings is 3. The van der Waals surface area contributed by atoms with Gasteiger partial charge in [-0.05, 0) is 64.9 Å². The second kappa shape index (κ2) is 17.9. The minimum absolute atomic E-state index is 0.00107. The third-order valence-corrected chi connectivity index (χ3v) is 9.55. The molecule has 5 rings (SSSR count). The fraction of sp³-hybridized carbons (Fsp3) is 0.359. The van der Waals surface area contributed by atoms with Crippen LogP contribution in [0.5, 0.6) is 0 Å². The van der Waals surface area contributed by atoms with Crippen LogP contribution in [0.15, 0.2) is 102 Å². The SMILES string of the molecule is CC(=O)NCCCCCC(=O)NCc1cccc(-c2cccc(C3OC(CSc4ccccn4)C(C)C(c4ccc(CO)cc4)O3)c2)c1. The predicted octanol–water partition coefficient (Wildman–Crippen LogP) is 7.14. The van der Waals surface area contributed by atoms with Crippen LogP contribution in [-0.4, -0.2) is 40.3 Å². The molecule has 4 unspecified atom stereocenters. The van der Waals surface area contributed by atoms with E-state index >= 15 is 0 Å². The van der Waals surface area contributed by atoms with Gasteiger partial charge in [0, 0.05) is 49.9 Å². The molecule has 0 bridgehead atoms. The Hall–Kier alpha value is -4.02. The molecule has 8 nitrogen and oxygen atoms in total. The van der Waals surface area contributed by atoms with Crippen molar-refractivity contribution in [1.82, 2.24) is 15.6 Å². The summed E-state index contributed by atoms with van der Waals surface area (Å²) < 4.78 is 13.4. The molecule has 3 N–H and O–H groups in total. The highest BCUT2D eigenvalue weighted by Gasteiger charge is 2.38. The molecule has 0 spiro atoms. The van der Waals surface area contributed by atoms with E-state index in [0.717, 1.165) is 63.4 Å².